The Morgan fingerprint density at radius 2 is 0.966 bits per heavy atom. The van der Waals surface area contributed by atoms with Crippen LogP contribution in [0.2, 0.25) is 0 Å². The van der Waals surface area contributed by atoms with E-state index in [1.54, 1.807) is 0 Å². The Balaban J connectivity index is 1.05. The smallest absolute Gasteiger partial charge is 0.164 e. The third-order valence-electron chi connectivity index (χ3n) is 11.9. The molecule has 0 atom stereocenters. The number of ether oxygens (including phenoxy) is 1. The minimum absolute atomic E-state index is 0.565. The van der Waals surface area contributed by atoms with Crippen molar-refractivity contribution in [2.45, 2.75) is 11.8 Å². The SMILES string of the molecule is c1ccc(-c2nc(-c3ccccc3)nc(-c3ccc4c(c3)oc3c(-c5cccc6c5Oc5ccccc5C65c6ccccc6Cc6ccccc65)cccc34)n2)cc1. The van der Waals surface area contributed by atoms with Crippen molar-refractivity contribution in [2.24, 2.45) is 0 Å². The lowest BCUT2D eigenvalue weighted by Gasteiger charge is -2.46. The molecule has 0 saturated carbocycles. The number of hydrogen-bond acceptors (Lipinski definition) is 5. The summed E-state index contributed by atoms with van der Waals surface area (Å²) < 4.78 is 14.0. The molecule has 58 heavy (non-hydrogen) atoms. The topological polar surface area (TPSA) is 61.0 Å². The summed E-state index contributed by atoms with van der Waals surface area (Å²) in [6.07, 6.45) is 0.887. The zero-order chi connectivity index (χ0) is 38.2. The second-order valence-corrected chi connectivity index (χ2v) is 15.1. The van der Waals surface area contributed by atoms with Crippen LogP contribution >= 0.6 is 0 Å². The Hall–Kier alpha value is -7.63. The number of rotatable bonds is 4. The summed E-state index contributed by atoms with van der Waals surface area (Å²) in [6.45, 7) is 0. The van der Waals surface area contributed by atoms with E-state index >= 15 is 0 Å². The van der Waals surface area contributed by atoms with Gasteiger partial charge in [0.2, 0.25) is 0 Å². The highest BCUT2D eigenvalue weighted by atomic mass is 16.5. The number of hydrogen-bond donors (Lipinski definition) is 0. The number of benzene rings is 8. The second-order valence-electron chi connectivity index (χ2n) is 15.1. The van der Waals surface area contributed by atoms with Gasteiger partial charge >= 0.3 is 0 Å². The standard InChI is InChI=1S/C53H33N3O2/c1-3-15-33(16-4-1)50-54-51(34-17-5-2-6-18-34)56-52(55-50)37-29-30-38-39-21-13-22-40(48(39)58-47(38)32-37)41-23-14-27-45-49(41)57-46-28-12-11-26-44(46)53(45)42-24-9-7-19-35(42)31-36-20-8-10-25-43(36)53/h1-30,32H,31H2. The zero-order valence-electron chi connectivity index (χ0n) is 31.3. The molecule has 2 aliphatic rings. The highest BCUT2D eigenvalue weighted by Crippen LogP contribution is 2.60. The number of para-hydroxylation sites is 3. The van der Waals surface area contributed by atoms with Gasteiger partial charge in [0.05, 0.1) is 5.41 Å². The second kappa shape index (κ2) is 12.7. The van der Waals surface area contributed by atoms with E-state index in [9.17, 15) is 0 Å². The van der Waals surface area contributed by atoms with Crippen LogP contribution in [0.3, 0.4) is 0 Å². The maximum Gasteiger partial charge on any atom is 0.164 e. The van der Waals surface area contributed by atoms with E-state index in [2.05, 4.69) is 127 Å². The summed E-state index contributed by atoms with van der Waals surface area (Å²) in [5.74, 6) is 3.52. The molecule has 0 fully saturated rings. The zero-order valence-corrected chi connectivity index (χ0v) is 31.3. The van der Waals surface area contributed by atoms with Crippen LogP contribution in [0.5, 0.6) is 11.5 Å². The molecular weight excluding hydrogens is 711 g/mol. The molecular formula is C53H33N3O2. The van der Waals surface area contributed by atoms with E-state index in [-0.39, 0.29) is 0 Å². The van der Waals surface area contributed by atoms with E-state index in [0.717, 1.165) is 78.8 Å². The molecule has 0 bridgehead atoms. The molecule has 2 aromatic heterocycles. The van der Waals surface area contributed by atoms with Crippen molar-refractivity contribution in [3.8, 4) is 56.8 Å². The molecule has 1 aliphatic heterocycles. The molecule has 0 N–H and O–H groups in total. The lowest BCUT2D eigenvalue weighted by atomic mass is 9.58. The molecule has 5 nitrogen and oxygen atoms in total. The van der Waals surface area contributed by atoms with Crippen molar-refractivity contribution in [1.29, 1.82) is 0 Å². The van der Waals surface area contributed by atoms with Crippen LogP contribution in [0.1, 0.15) is 33.4 Å². The maximum atomic E-state index is 7.05. The number of fused-ring (bicyclic) bond motifs is 11. The molecule has 10 aromatic rings. The van der Waals surface area contributed by atoms with E-state index in [1.165, 1.54) is 22.3 Å². The van der Waals surface area contributed by atoms with E-state index in [0.29, 0.717) is 17.5 Å². The fourth-order valence-electron chi connectivity index (χ4n) is 9.37. The van der Waals surface area contributed by atoms with Crippen molar-refractivity contribution >= 4 is 21.9 Å². The van der Waals surface area contributed by atoms with Gasteiger partial charge in [-0.2, -0.15) is 0 Å². The molecule has 0 radical (unpaired) electrons. The predicted octanol–water partition coefficient (Wildman–Crippen LogP) is 12.8. The Labute approximate surface area is 334 Å². The van der Waals surface area contributed by atoms with E-state index < -0.39 is 5.41 Å². The largest absolute Gasteiger partial charge is 0.456 e. The maximum absolute atomic E-state index is 7.05. The first-order chi connectivity index (χ1) is 28.7. The van der Waals surface area contributed by atoms with Gasteiger partial charge in [-0.1, -0.05) is 170 Å². The minimum atomic E-state index is -0.565. The Kier molecular flexibility index (Phi) is 7.14. The van der Waals surface area contributed by atoms with Crippen LogP contribution in [0.25, 0.3) is 67.2 Å². The van der Waals surface area contributed by atoms with Gasteiger partial charge in [-0.05, 0) is 46.9 Å². The van der Waals surface area contributed by atoms with Crippen molar-refractivity contribution in [3.05, 3.63) is 221 Å². The molecule has 1 spiro atoms. The molecule has 0 unspecified atom stereocenters. The Bertz CT molecular complexity index is 3120. The first-order valence-electron chi connectivity index (χ1n) is 19.6. The van der Waals surface area contributed by atoms with Gasteiger partial charge in [0, 0.05) is 49.7 Å². The van der Waals surface area contributed by atoms with Crippen molar-refractivity contribution in [1.82, 2.24) is 15.0 Å². The van der Waals surface area contributed by atoms with Gasteiger partial charge in [0.15, 0.2) is 17.5 Å². The van der Waals surface area contributed by atoms with Gasteiger partial charge in [-0.25, -0.2) is 15.0 Å². The number of aromatic nitrogens is 3. The molecule has 3 heterocycles. The number of nitrogens with zero attached hydrogens (tertiary/aromatic N) is 3. The third-order valence-corrected chi connectivity index (χ3v) is 11.9. The summed E-state index contributed by atoms with van der Waals surface area (Å²) in [4.78, 5) is 14.9. The lowest BCUT2D eigenvalue weighted by Crippen LogP contribution is -2.38. The van der Waals surface area contributed by atoms with Gasteiger partial charge in [-0.3, -0.25) is 0 Å². The van der Waals surface area contributed by atoms with Gasteiger partial charge in [0.25, 0.3) is 0 Å². The van der Waals surface area contributed by atoms with E-state index in [1.807, 2.05) is 60.7 Å². The summed E-state index contributed by atoms with van der Waals surface area (Å²) in [7, 11) is 0. The van der Waals surface area contributed by atoms with Crippen molar-refractivity contribution in [3.63, 3.8) is 0 Å². The highest BCUT2D eigenvalue weighted by molar-refractivity contribution is 6.10. The first-order valence-corrected chi connectivity index (χ1v) is 19.6. The fourth-order valence-corrected chi connectivity index (χ4v) is 9.37. The van der Waals surface area contributed by atoms with Crippen LogP contribution in [-0.2, 0) is 11.8 Å². The fraction of sp³-hybridized carbons (Fsp3) is 0.0377. The predicted molar refractivity (Wildman–Crippen MR) is 230 cm³/mol. The normalized spacial score (nSPS) is 13.4. The first kappa shape index (κ1) is 32.6. The summed E-state index contributed by atoms with van der Waals surface area (Å²) in [5, 5.41) is 2.05. The number of furan rings is 1. The molecule has 0 amide bonds. The lowest BCUT2D eigenvalue weighted by molar-refractivity contribution is 0.433. The van der Waals surface area contributed by atoms with Gasteiger partial charge in [0.1, 0.15) is 22.7 Å². The Morgan fingerprint density at radius 3 is 1.66 bits per heavy atom. The van der Waals surface area contributed by atoms with Crippen LogP contribution in [0.15, 0.2) is 192 Å². The van der Waals surface area contributed by atoms with Gasteiger partial charge < -0.3 is 9.15 Å². The van der Waals surface area contributed by atoms with Crippen LogP contribution < -0.4 is 4.74 Å². The van der Waals surface area contributed by atoms with Crippen LogP contribution in [0.4, 0.5) is 0 Å². The van der Waals surface area contributed by atoms with Crippen LogP contribution in [-0.4, -0.2) is 15.0 Å². The van der Waals surface area contributed by atoms with Gasteiger partial charge in [-0.15, -0.1) is 0 Å². The molecule has 12 rings (SSSR count). The minimum Gasteiger partial charge on any atom is -0.456 e. The van der Waals surface area contributed by atoms with Crippen molar-refractivity contribution in [2.75, 3.05) is 0 Å². The summed E-state index contributed by atoms with van der Waals surface area (Å²) >= 11 is 0. The third kappa shape index (κ3) is 4.80. The average Bonchev–Trinajstić information content (AvgIpc) is 3.68. The Morgan fingerprint density at radius 1 is 0.414 bits per heavy atom. The molecule has 8 aromatic carbocycles. The summed E-state index contributed by atoms with van der Waals surface area (Å²) in [6, 6.07) is 65.7. The van der Waals surface area contributed by atoms with E-state index in [4.69, 9.17) is 24.1 Å². The average molecular weight is 744 g/mol. The molecule has 272 valence electrons. The molecule has 0 saturated heterocycles. The quantitative estimate of drug-likeness (QED) is 0.180. The molecule has 1 aliphatic carbocycles. The highest BCUT2D eigenvalue weighted by Gasteiger charge is 2.49. The monoisotopic (exact) mass is 743 g/mol. The van der Waals surface area contributed by atoms with Crippen molar-refractivity contribution < 1.29 is 9.15 Å². The summed E-state index contributed by atoms with van der Waals surface area (Å²) in [5.41, 5.74) is 13.2. The molecule has 5 heteroatoms. The van der Waals surface area contributed by atoms with Crippen LogP contribution in [0, 0.1) is 0 Å².